The molecule has 0 aliphatic heterocycles. The summed E-state index contributed by atoms with van der Waals surface area (Å²) in [5, 5.41) is 7.24. The van der Waals surface area contributed by atoms with E-state index in [1.54, 1.807) is 32.4 Å². The summed E-state index contributed by atoms with van der Waals surface area (Å²) in [5.41, 5.74) is 2.59. The second kappa shape index (κ2) is 6.98. The monoisotopic (exact) mass is 303 g/mol. The van der Waals surface area contributed by atoms with Gasteiger partial charge in [0.05, 0.1) is 26.5 Å². The van der Waals surface area contributed by atoms with Gasteiger partial charge in [0, 0.05) is 17.8 Å². The molecule has 22 heavy (non-hydrogen) atoms. The van der Waals surface area contributed by atoms with Crippen molar-refractivity contribution in [2.45, 2.75) is 20.4 Å². The predicted molar refractivity (Wildman–Crippen MR) is 83.6 cm³/mol. The van der Waals surface area contributed by atoms with Gasteiger partial charge in [-0.25, -0.2) is 0 Å². The summed E-state index contributed by atoms with van der Waals surface area (Å²) in [6.45, 7) is 5.09. The zero-order valence-electron chi connectivity index (χ0n) is 13.3. The minimum atomic E-state index is -0.150. The van der Waals surface area contributed by atoms with E-state index in [1.807, 2.05) is 24.6 Å². The molecule has 0 fully saturated rings. The van der Waals surface area contributed by atoms with E-state index in [-0.39, 0.29) is 5.91 Å². The Kier molecular flexibility index (Phi) is 5.04. The summed E-state index contributed by atoms with van der Waals surface area (Å²) in [6, 6.07) is 7.10. The molecule has 2 aromatic rings. The van der Waals surface area contributed by atoms with E-state index in [1.165, 1.54) is 0 Å². The van der Waals surface area contributed by atoms with Crippen LogP contribution in [0.25, 0.3) is 0 Å². The average molecular weight is 303 g/mol. The van der Waals surface area contributed by atoms with Crippen molar-refractivity contribution in [3.8, 4) is 11.5 Å². The quantitative estimate of drug-likeness (QED) is 0.886. The van der Waals surface area contributed by atoms with Gasteiger partial charge in [0.25, 0.3) is 5.91 Å². The summed E-state index contributed by atoms with van der Waals surface area (Å²) >= 11 is 0. The van der Waals surface area contributed by atoms with Crippen LogP contribution < -0.4 is 14.8 Å². The summed E-state index contributed by atoms with van der Waals surface area (Å²) in [6.07, 6.45) is 0. The van der Waals surface area contributed by atoms with Crippen molar-refractivity contribution in [3.63, 3.8) is 0 Å². The lowest BCUT2D eigenvalue weighted by Gasteiger charge is -2.10. The van der Waals surface area contributed by atoms with E-state index in [0.717, 1.165) is 11.4 Å². The summed E-state index contributed by atoms with van der Waals surface area (Å²) in [7, 11) is 3.11. The number of ether oxygens (including phenoxy) is 2. The van der Waals surface area contributed by atoms with Gasteiger partial charge in [-0.15, -0.1) is 0 Å². The molecule has 0 unspecified atom stereocenters. The number of nitrogens with one attached hydrogen (secondary N) is 1. The largest absolute Gasteiger partial charge is 0.493 e. The molecule has 2 rings (SSSR count). The van der Waals surface area contributed by atoms with Gasteiger partial charge in [0.15, 0.2) is 11.5 Å². The van der Waals surface area contributed by atoms with Crippen molar-refractivity contribution in [1.29, 1.82) is 0 Å². The van der Waals surface area contributed by atoms with Gasteiger partial charge in [-0.3, -0.25) is 9.48 Å². The molecule has 0 aliphatic carbocycles. The minimum Gasteiger partial charge on any atom is -0.493 e. The number of aryl methyl sites for hydroxylation is 2. The van der Waals surface area contributed by atoms with E-state index in [4.69, 9.17) is 9.47 Å². The Balaban J connectivity index is 1.96. The highest BCUT2D eigenvalue weighted by Crippen LogP contribution is 2.27. The van der Waals surface area contributed by atoms with E-state index in [9.17, 15) is 4.79 Å². The van der Waals surface area contributed by atoms with Crippen molar-refractivity contribution in [3.05, 3.63) is 41.2 Å². The van der Waals surface area contributed by atoms with Gasteiger partial charge >= 0.3 is 0 Å². The van der Waals surface area contributed by atoms with Gasteiger partial charge in [-0.1, -0.05) is 0 Å². The smallest absolute Gasteiger partial charge is 0.251 e. The third kappa shape index (κ3) is 3.58. The highest BCUT2D eigenvalue weighted by Gasteiger charge is 2.10. The van der Waals surface area contributed by atoms with Crippen LogP contribution in [0.15, 0.2) is 24.3 Å². The zero-order valence-corrected chi connectivity index (χ0v) is 13.3. The molecule has 0 aliphatic rings. The molecule has 0 atom stereocenters. The molecule has 1 aromatic heterocycles. The molecule has 0 bridgehead atoms. The molecule has 0 saturated heterocycles. The van der Waals surface area contributed by atoms with Crippen LogP contribution in [0.1, 0.15) is 21.7 Å². The first-order valence-corrected chi connectivity index (χ1v) is 7.06. The fourth-order valence-electron chi connectivity index (χ4n) is 2.26. The second-order valence-corrected chi connectivity index (χ2v) is 4.98. The Labute approximate surface area is 130 Å². The number of carbonyl (C=O) groups excluding carboxylic acids is 1. The molecule has 1 heterocycles. The third-order valence-electron chi connectivity index (χ3n) is 3.36. The van der Waals surface area contributed by atoms with E-state index in [0.29, 0.717) is 30.2 Å². The van der Waals surface area contributed by atoms with Crippen molar-refractivity contribution in [1.82, 2.24) is 15.1 Å². The molecular weight excluding hydrogens is 282 g/mol. The zero-order chi connectivity index (χ0) is 16.1. The Morgan fingerprint density at radius 3 is 2.50 bits per heavy atom. The minimum absolute atomic E-state index is 0.150. The molecule has 1 amide bonds. The summed E-state index contributed by atoms with van der Waals surface area (Å²) in [4.78, 5) is 12.2. The fourth-order valence-corrected chi connectivity index (χ4v) is 2.26. The van der Waals surface area contributed by atoms with Crippen LogP contribution in [0, 0.1) is 13.8 Å². The SMILES string of the molecule is COc1ccc(C(=O)NCCn2nc(C)cc2C)cc1OC. The van der Waals surface area contributed by atoms with Crippen LogP contribution in [0.5, 0.6) is 11.5 Å². The molecule has 0 radical (unpaired) electrons. The highest BCUT2D eigenvalue weighted by molar-refractivity contribution is 5.94. The molecule has 1 aromatic carbocycles. The molecule has 6 nitrogen and oxygen atoms in total. The first-order chi connectivity index (χ1) is 10.5. The van der Waals surface area contributed by atoms with Crippen LogP contribution in [0.3, 0.4) is 0 Å². The normalized spacial score (nSPS) is 10.4. The molecule has 118 valence electrons. The molecule has 1 N–H and O–H groups in total. The van der Waals surface area contributed by atoms with Gasteiger partial charge in [0.1, 0.15) is 0 Å². The number of aromatic nitrogens is 2. The van der Waals surface area contributed by atoms with Crippen LogP contribution >= 0.6 is 0 Å². The lowest BCUT2D eigenvalue weighted by Crippen LogP contribution is -2.27. The van der Waals surface area contributed by atoms with Gasteiger partial charge in [-0.05, 0) is 38.1 Å². The van der Waals surface area contributed by atoms with Crippen molar-refractivity contribution < 1.29 is 14.3 Å². The lowest BCUT2D eigenvalue weighted by atomic mass is 10.2. The number of rotatable bonds is 6. The highest BCUT2D eigenvalue weighted by atomic mass is 16.5. The standard InChI is InChI=1S/C16H21N3O3/c1-11-9-12(2)19(18-11)8-7-17-16(20)13-5-6-14(21-3)15(10-13)22-4/h5-6,9-10H,7-8H2,1-4H3,(H,17,20). The van der Waals surface area contributed by atoms with Crippen LogP contribution in [-0.2, 0) is 6.54 Å². The maximum atomic E-state index is 12.2. The Hall–Kier alpha value is -2.50. The molecule has 0 spiro atoms. The van der Waals surface area contributed by atoms with E-state index < -0.39 is 0 Å². The average Bonchev–Trinajstić information content (AvgIpc) is 2.84. The van der Waals surface area contributed by atoms with Gasteiger partial charge in [0.2, 0.25) is 0 Å². The Bertz CT molecular complexity index is 665. The third-order valence-corrected chi connectivity index (χ3v) is 3.36. The first kappa shape index (κ1) is 15.9. The number of methoxy groups -OCH3 is 2. The van der Waals surface area contributed by atoms with Crippen LogP contribution in [-0.4, -0.2) is 36.5 Å². The topological polar surface area (TPSA) is 65.4 Å². The maximum absolute atomic E-state index is 12.2. The van der Waals surface area contributed by atoms with Gasteiger partial charge < -0.3 is 14.8 Å². The molecule has 6 heteroatoms. The van der Waals surface area contributed by atoms with E-state index >= 15 is 0 Å². The number of nitrogens with zero attached hydrogens (tertiary/aromatic N) is 2. The van der Waals surface area contributed by atoms with Crippen molar-refractivity contribution >= 4 is 5.91 Å². The number of hydrogen-bond donors (Lipinski definition) is 1. The predicted octanol–water partition coefficient (Wildman–Crippen LogP) is 1.95. The molecule has 0 saturated carbocycles. The Morgan fingerprint density at radius 1 is 1.18 bits per heavy atom. The van der Waals surface area contributed by atoms with Crippen LogP contribution in [0.2, 0.25) is 0 Å². The number of benzene rings is 1. The Morgan fingerprint density at radius 2 is 1.91 bits per heavy atom. The van der Waals surface area contributed by atoms with Gasteiger partial charge in [-0.2, -0.15) is 5.10 Å². The number of carbonyl (C=O) groups is 1. The molecular formula is C16H21N3O3. The second-order valence-electron chi connectivity index (χ2n) is 4.98. The van der Waals surface area contributed by atoms with Crippen LogP contribution in [0.4, 0.5) is 0 Å². The van der Waals surface area contributed by atoms with E-state index in [2.05, 4.69) is 10.4 Å². The maximum Gasteiger partial charge on any atom is 0.251 e. The summed E-state index contributed by atoms with van der Waals surface area (Å²) < 4.78 is 12.2. The number of hydrogen-bond acceptors (Lipinski definition) is 4. The van der Waals surface area contributed by atoms with Crippen molar-refractivity contribution in [2.24, 2.45) is 0 Å². The number of amides is 1. The fraction of sp³-hybridized carbons (Fsp3) is 0.375. The first-order valence-electron chi connectivity index (χ1n) is 7.06. The lowest BCUT2D eigenvalue weighted by molar-refractivity contribution is 0.0951. The van der Waals surface area contributed by atoms with Crippen molar-refractivity contribution in [2.75, 3.05) is 20.8 Å². The summed E-state index contributed by atoms with van der Waals surface area (Å²) in [5.74, 6) is 0.984.